The van der Waals surface area contributed by atoms with Gasteiger partial charge in [-0.15, -0.1) is 0 Å². The highest BCUT2D eigenvalue weighted by molar-refractivity contribution is 5.69. The zero-order chi connectivity index (χ0) is 9.68. The molecule has 0 aromatic carbocycles. The molecule has 0 aromatic heterocycles. The summed E-state index contributed by atoms with van der Waals surface area (Å²) in [5, 5.41) is 0. The number of rotatable bonds is 2. The molecule has 0 fully saturated rings. The van der Waals surface area contributed by atoms with Gasteiger partial charge < -0.3 is 9.47 Å². The average Bonchev–Trinajstić information content (AvgIpc) is 2.18. The molecule has 13 heavy (non-hydrogen) atoms. The number of carbonyl (C=O) groups excluding carboxylic acids is 1. The Balaban J connectivity index is 2.50. The van der Waals surface area contributed by atoms with E-state index in [1.807, 2.05) is 0 Å². The van der Waals surface area contributed by atoms with E-state index in [0.717, 1.165) is 25.1 Å². The Morgan fingerprint density at radius 3 is 3.08 bits per heavy atom. The van der Waals surface area contributed by atoms with Crippen molar-refractivity contribution in [2.75, 3.05) is 20.3 Å². The molecule has 1 heterocycles. The molecule has 74 valence electrons. The van der Waals surface area contributed by atoms with Crippen molar-refractivity contribution in [3.63, 3.8) is 0 Å². The molecular weight excluding hydrogens is 170 g/mol. The maximum absolute atomic E-state index is 11.2. The number of allylic oxidation sites excluding steroid dienone is 1. The summed E-state index contributed by atoms with van der Waals surface area (Å²) in [6.07, 6.45) is 3.13. The minimum absolute atomic E-state index is 0.320. The number of carbonyl (C=O) groups is 1. The number of nitrogens with zero attached hydrogens (tertiary/aromatic N) is 1. The first-order chi connectivity index (χ1) is 6.25. The van der Waals surface area contributed by atoms with Gasteiger partial charge in [0, 0.05) is 7.05 Å². The lowest BCUT2D eigenvalue weighted by molar-refractivity contribution is 0.118. The molecule has 1 aliphatic rings. The van der Waals surface area contributed by atoms with Crippen LogP contribution in [0.25, 0.3) is 0 Å². The number of ether oxygens (including phenoxy) is 2. The SMILES string of the molecule is CCOC(=O)N(C)C1=COCCC1. The van der Waals surface area contributed by atoms with Gasteiger partial charge in [0.15, 0.2) is 0 Å². The highest BCUT2D eigenvalue weighted by Gasteiger charge is 2.16. The minimum Gasteiger partial charge on any atom is -0.499 e. The lowest BCUT2D eigenvalue weighted by Crippen LogP contribution is -2.28. The van der Waals surface area contributed by atoms with Crippen LogP contribution in [0, 0.1) is 0 Å². The van der Waals surface area contributed by atoms with Crippen molar-refractivity contribution >= 4 is 6.09 Å². The Morgan fingerprint density at radius 1 is 1.77 bits per heavy atom. The molecular formula is C9H15NO3. The normalized spacial score (nSPS) is 15.7. The van der Waals surface area contributed by atoms with Crippen molar-refractivity contribution in [3.8, 4) is 0 Å². The van der Waals surface area contributed by atoms with Crippen LogP contribution in [0.4, 0.5) is 4.79 Å². The van der Waals surface area contributed by atoms with E-state index in [2.05, 4.69) is 0 Å². The van der Waals surface area contributed by atoms with E-state index in [-0.39, 0.29) is 6.09 Å². The summed E-state index contributed by atoms with van der Waals surface area (Å²) >= 11 is 0. The highest BCUT2D eigenvalue weighted by Crippen LogP contribution is 2.15. The first-order valence-corrected chi connectivity index (χ1v) is 4.47. The fraction of sp³-hybridized carbons (Fsp3) is 0.667. The third kappa shape index (κ3) is 2.65. The van der Waals surface area contributed by atoms with Crippen molar-refractivity contribution in [2.24, 2.45) is 0 Å². The van der Waals surface area contributed by atoms with Crippen LogP contribution in [-0.4, -0.2) is 31.3 Å². The molecule has 0 atom stereocenters. The van der Waals surface area contributed by atoms with E-state index in [1.54, 1.807) is 20.2 Å². The number of amides is 1. The molecule has 1 rings (SSSR count). The lowest BCUT2D eigenvalue weighted by atomic mass is 10.2. The number of hydrogen-bond acceptors (Lipinski definition) is 3. The van der Waals surface area contributed by atoms with E-state index in [9.17, 15) is 4.79 Å². The topological polar surface area (TPSA) is 38.8 Å². The van der Waals surface area contributed by atoms with E-state index in [0.29, 0.717) is 6.61 Å². The van der Waals surface area contributed by atoms with Crippen LogP contribution in [0.5, 0.6) is 0 Å². The average molecular weight is 185 g/mol. The van der Waals surface area contributed by atoms with Gasteiger partial charge >= 0.3 is 6.09 Å². The van der Waals surface area contributed by atoms with Gasteiger partial charge in [-0.1, -0.05) is 0 Å². The summed E-state index contributed by atoms with van der Waals surface area (Å²) in [6, 6.07) is 0. The van der Waals surface area contributed by atoms with Gasteiger partial charge in [0.25, 0.3) is 0 Å². The molecule has 0 N–H and O–H groups in total. The van der Waals surface area contributed by atoms with Crippen LogP contribution in [0.2, 0.25) is 0 Å². The van der Waals surface area contributed by atoms with Crippen LogP contribution in [0.3, 0.4) is 0 Å². The van der Waals surface area contributed by atoms with Gasteiger partial charge in [0.1, 0.15) is 6.26 Å². The molecule has 1 aliphatic heterocycles. The van der Waals surface area contributed by atoms with Crippen molar-refractivity contribution < 1.29 is 14.3 Å². The fourth-order valence-corrected chi connectivity index (χ4v) is 1.13. The first kappa shape index (κ1) is 9.89. The standard InChI is InChI=1S/C9H15NO3/c1-3-13-9(11)10(2)8-5-4-6-12-7-8/h7H,3-6H2,1-2H3. The zero-order valence-electron chi connectivity index (χ0n) is 8.08. The summed E-state index contributed by atoms with van der Waals surface area (Å²) in [6.45, 7) is 2.93. The Kier molecular flexibility index (Phi) is 3.61. The molecule has 4 nitrogen and oxygen atoms in total. The van der Waals surface area contributed by atoms with E-state index >= 15 is 0 Å². The Morgan fingerprint density at radius 2 is 2.54 bits per heavy atom. The van der Waals surface area contributed by atoms with Crippen LogP contribution >= 0.6 is 0 Å². The van der Waals surface area contributed by atoms with Crippen LogP contribution in [0.1, 0.15) is 19.8 Å². The predicted octanol–water partition coefficient (Wildman–Crippen LogP) is 1.73. The Bertz CT molecular complexity index is 213. The van der Waals surface area contributed by atoms with Gasteiger partial charge in [-0.3, -0.25) is 4.90 Å². The van der Waals surface area contributed by atoms with Gasteiger partial charge in [-0.05, 0) is 19.8 Å². The molecule has 0 aliphatic carbocycles. The van der Waals surface area contributed by atoms with E-state index < -0.39 is 0 Å². The predicted molar refractivity (Wildman–Crippen MR) is 48.1 cm³/mol. The molecule has 0 unspecified atom stereocenters. The molecule has 4 heteroatoms. The van der Waals surface area contributed by atoms with Crippen LogP contribution < -0.4 is 0 Å². The summed E-state index contributed by atoms with van der Waals surface area (Å²) in [5.41, 5.74) is 0.879. The summed E-state index contributed by atoms with van der Waals surface area (Å²) in [7, 11) is 1.69. The Labute approximate surface area is 78.1 Å². The molecule has 1 amide bonds. The van der Waals surface area contributed by atoms with Crippen LogP contribution in [0.15, 0.2) is 12.0 Å². The van der Waals surface area contributed by atoms with E-state index in [4.69, 9.17) is 9.47 Å². The van der Waals surface area contributed by atoms with Gasteiger partial charge in [0.05, 0.1) is 18.9 Å². The summed E-state index contributed by atoms with van der Waals surface area (Å²) in [4.78, 5) is 12.7. The Hall–Kier alpha value is -1.19. The van der Waals surface area contributed by atoms with Crippen molar-refractivity contribution in [1.82, 2.24) is 4.90 Å². The second kappa shape index (κ2) is 4.74. The first-order valence-electron chi connectivity index (χ1n) is 4.47. The zero-order valence-corrected chi connectivity index (χ0v) is 8.08. The maximum Gasteiger partial charge on any atom is 0.413 e. The molecule has 0 bridgehead atoms. The second-order valence-electron chi connectivity index (χ2n) is 2.84. The third-order valence-corrected chi connectivity index (χ3v) is 1.89. The van der Waals surface area contributed by atoms with Gasteiger partial charge in [-0.25, -0.2) is 4.79 Å². The van der Waals surface area contributed by atoms with Gasteiger partial charge in [0.2, 0.25) is 0 Å². The van der Waals surface area contributed by atoms with E-state index in [1.165, 1.54) is 4.90 Å². The molecule has 0 aromatic rings. The monoisotopic (exact) mass is 185 g/mol. The second-order valence-corrected chi connectivity index (χ2v) is 2.84. The van der Waals surface area contributed by atoms with Crippen molar-refractivity contribution in [1.29, 1.82) is 0 Å². The fourth-order valence-electron chi connectivity index (χ4n) is 1.13. The highest BCUT2D eigenvalue weighted by atomic mass is 16.6. The molecule has 0 saturated heterocycles. The summed E-state index contributed by atoms with van der Waals surface area (Å²) in [5.74, 6) is 0. The largest absolute Gasteiger partial charge is 0.499 e. The quantitative estimate of drug-likeness (QED) is 0.657. The van der Waals surface area contributed by atoms with Crippen molar-refractivity contribution in [3.05, 3.63) is 12.0 Å². The lowest BCUT2D eigenvalue weighted by Gasteiger charge is -2.22. The van der Waals surface area contributed by atoms with Crippen LogP contribution in [-0.2, 0) is 9.47 Å². The van der Waals surface area contributed by atoms with Gasteiger partial charge in [-0.2, -0.15) is 0 Å². The summed E-state index contributed by atoms with van der Waals surface area (Å²) < 4.78 is 9.97. The maximum atomic E-state index is 11.2. The smallest absolute Gasteiger partial charge is 0.413 e. The van der Waals surface area contributed by atoms with Crippen molar-refractivity contribution in [2.45, 2.75) is 19.8 Å². The number of hydrogen-bond donors (Lipinski definition) is 0. The minimum atomic E-state index is -0.320. The third-order valence-electron chi connectivity index (χ3n) is 1.89. The molecule has 0 radical (unpaired) electrons. The molecule has 0 saturated carbocycles. The molecule has 0 spiro atoms.